The van der Waals surface area contributed by atoms with E-state index in [4.69, 9.17) is 34.4 Å². The number of rotatable bonds is 10. The first kappa shape index (κ1) is 45.8. The number of aliphatic hydroxyl groups excluding tert-OH is 1. The highest BCUT2D eigenvalue weighted by Gasteiger charge is 2.62. The maximum Gasteiger partial charge on any atom is 0.425 e. The Hall–Kier alpha value is -3.25. The second-order valence-electron chi connectivity index (χ2n) is 17.7. The Bertz CT molecular complexity index is 1730. The molecule has 3 saturated heterocycles. The van der Waals surface area contributed by atoms with Crippen LogP contribution in [0, 0.1) is 17.8 Å². The fraction of sp³-hybridized carbons (Fsp3) is 0.762. The third-order valence-corrected chi connectivity index (χ3v) is 13.1. The van der Waals surface area contributed by atoms with Gasteiger partial charge in [-0.25, -0.2) is 29.0 Å². The lowest BCUT2D eigenvalue weighted by Gasteiger charge is -2.48. The number of carbonyl (C=O) groups is 3. The number of nitrogens with one attached hydrogen (secondary N) is 1. The van der Waals surface area contributed by atoms with Crippen molar-refractivity contribution < 1.29 is 47.6 Å². The molecule has 0 saturated carbocycles. The number of carbonyl (C=O) groups excluding carboxylic acids is 3. The zero-order chi connectivity index (χ0) is 43.1. The number of fused-ring (bicyclic) bond motifs is 2. The van der Waals surface area contributed by atoms with Gasteiger partial charge in [-0.2, -0.15) is 0 Å². The summed E-state index contributed by atoms with van der Waals surface area (Å²) in [5.74, 6) is -3.91. The molecular weight excluding hydrogens is 751 g/mol. The summed E-state index contributed by atoms with van der Waals surface area (Å²) < 4.78 is 48.5. The van der Waals surface area contributed by atoms with E-state index in [1.165, 1.54) is 18.9 Å². The maximum atomic E-state index is 17.0. The highest BCUT2D eigenvalue weighted by molar-refractivity contribution is 6.07. The third kappa shape index (κ3) is 8.93. The zero-order valence-electron chi connectivity index (χ0n) is 36.4. The number of para-hydroxylation sites is 2. The minimum atomic E-state index is -3.16. The topological polar surface area (TPSA) is 182 Å². The van der Waals surface area contributed by atoms with E-state index in [1.54, 1.807) is 25.9 Å². The number of benzene rings is 1. The van der Waals surface area contributed by atoms with E-state index in [-0.39, 0.29) is 31.1 Å². The van der Waals surface area contributed by atoms with Crippen LogP contribution in [0.5, 0.6) is 0 Å². The van der Waals surface area contributed by atoms with Crippen molar-refractivity contribution in [3.8, 4) is 0 Å². The van der Waals surface area contributed by atoms with Crippen LogP contribution < -0.4 is 5.73 Å². The van der Waals surface area contributed by atoms with Gasteiger partial charge in [0, 0.05) is 44.6 Å². The van der Waals surface area contributed by atoms with Crippen LogP contribution in [0.4, 0.5) is 9.18 Å². The number of esters is 1. The number of hydrogen-bond donors (Lipinski definition) is 3. The van der Waals surface area contributed by atoms with Crippen molar-refractivity contribution in [2.45, 2.75) is 154 Å². The van der Waals surface area contributed by atoms with Gasteiger partial charge in [-0.15, -0.1) is 0 Å². The van der Waals surface area contributed by atoms with Gasteiger partial charge >= 0.3 is 12.1 Å². The average molecular weight is 819 g/mol. The van der Waals surface area contributed by atoms with E-state index in [2.05, 4.69) is 4.98 Å². The highest BCUT2D eigenvalue weighted by Crippen LogP contribution is 2.44. The van der Waals surface area contributed by atoms with Crippen LogP contribution in [0.25, 0.3) is 11.0 Å². The van der Waals surface area contributed by atoms with Crippen molar-refractivity contribution in [1.29, 1.82) is 0 Å². The SMILES string of the molecule is CCN(C)N1C(=O)O[C@]2(C)[C@H](C)OC(=O)C(C)(F)C(=O)[C@H](C)[C@@H](O[C@@H]3O[C@H](C)C[C@H](N(C)C)[C@H]3O)[C@@](C)(OCCCc3nc4ccccc4[nH]3)C[C@@H](C)C(N)[C@@H](C)[C@@H]12. The average Bonchev–Trinajstić information content (AvgIpc) is 3.71. The number of aromatic nitrogens is 2. The summed E-state index contributed by atoms with van der Waals surface area (Å²) in [6, 6.07) is 6.04. The van der Waals surface area contributed by atoms with Gasteiger partial charge in [0.15, 0.2) is 17.7 Å². The molecule has 15 nitrogen and oxygen atoms in total. The van der Waals surface area contributed by atoms with Crippen LogP contribution in [0.2, 0.25) is 0 Å². The van der Waals surface area contributed by atoms with Crippen LogP contribution in [-0.4, -0.2) is 148 Å². The second kappa shape index (κ2) is 17.8. The monoisotopic (exact) mass is 818 g/mol. The molecule has 58 heavy (non-hydrogen) atoms. The van der Waals surface area contributed by atoms with Gasteiger partial charge in [0.05, 0.1) is 34.9 Å². The largest absolute Gasteiger partial charge is 0.456 e. The van der Waals surface area contributed by atoms with Gasteiger partial charge in [-0.1, -0.05) is 39.8 Å². The standard InChI is InChI=1S/C42H67FN6O9/c1-13-48(12)49-34-25(4)32(44)23(2)22-40(7,54-20-16-19-31-45-28-17-14-15-18-29(28)46-31)36(57-37-33(50)30(47(10)11)21-24(3)55-37)26(5)35(51)41(8,43)38(52)56-27(6)42(34,9)58-39(49)53/h14-15,17-18,23-27,30,32-34,36-37,50H,13,16,19-22,44H2,1-12H3,(H,45,46)/t23-,24-,25-,26+,27+,30+,32?,33-,34-,36-,37+,40+,41?,42-/m1/s1. The zero-order valence-corrected chi connectivity index (χ0v) is 36.4. The number of imidazole rings is 1. The number of ketones is 1. The number of nitrogens with zero attached hydrogens (tertiary/aromatic N) is 4. The number of cyclic esters (lactones) is 1. The van der Waals surface area contributed by atoms with Crippen molar-refractivity contribution in [2.24, 2.45) is 23.5 Å². The normalized spacial score (nSPS) is 39.5. The van der Waals surface area contributed by atoms with Crippen molar-refractivity contribution in [3.05, 3.63) is 30.1 Å². The summed E-state index contributed by atoms with van der Waals surface area (Å²) in [5, 5.41) is 14.8. The smallest absolute Gasteiger partial charge is 0.425 e. The van der Waals surface area contributed by atoms with Gasteiger partial charge in [0.2, 0.25) is 0 Å². The summed E-state index contributed by atoms with van der Waals surface area (Å²) in [4.78, 5) is 51.9. The molecule has 0 radical (unpaired) electrons. The molecule has 16 heteroatoms. The van der Waals surface area contributed by atoms with Crippen LogP contribution in [0.3, 0.4) is 0 Å². The van der Waals surface area contributed by atoms with Gasteiger partial charge in [0.25, 0.3) is 5.67 Å². The number of ether oxygens (including phenoxy) is 5. The molecule has 2 aromatic rings. The molecule has 4 N–H and O–H groups in total. The summed E-state index contributed by atoms with van der Waals surface area (Å²) in [5.41, 5.74) is 2.96. The molecule has 1 aromatic heterocycles. The van der Waals surface area contributed by atoms with Crippen molar-refractivity contribution in [1.82, 2.24) is 24.9 Å². The molecule has 0 bridgehead atoms. The van der Waals surface area contributed by atoms with E-state index < -0.39 is 83.2 Å². The Morgan fingerprint density at radius 3 is 2.40 bits per heavy atom. The number of hydrazine groups is 1. The predicted octanol–water partition coefficient (Wildman–Crippen LogP) is 4.40. The highest BCUT2D eigenvalue weighted by atomic mass is 19.1. The number of aliphatic hydroxyl groups is 1. The number of hydrogen-bond acceptors (Lipinski definition) is 13. The number of aromatic amines is 1. The Balaban J connectivity index is 1.58. The van der Waals surface area contributed by atoms with Gasteiger partial charge in [-0.3, -0.25) is 4.79 Å². The van der Waals surface area contributed by atoms with E-state index in [9.17, 15) is 19.5 Å². The number of likely N-dealkylation sites (N-methyl/N-ethyl adjacent to an activating group) is 1. The molecule has 0 aliphatic carbocycles. The number of Topliss-reactive ketones (excluding diaryl/α,β-unsaturated/α-hetero) is 1. The summed E-state index contributed by atoms with van der Waals surface area (Å²) in [7, 11) is 5.45. The second-order valence-corrected chi connectivity index (χ2v) is 17.7. The lowest BCUT2D eigenvalue weighted by atomic mass is 9.72. The van der Waals surface area contributed by atoms with Gasteiger partial charge in [0.1, 0.15) is 18.0 Å². The Kier molecular flexibility index (Phi) is 14.0. The predicted molar refractivity (Wildman–Crippen MR) is 215 cm³/mol. The molecule has 0 spiro atoms. The molecule has 326 valence electrons. The number of aryl methyl sites for hydroxylation is 1. The quantitative estimate of drug-likeness (QED) is 0.175. The van der Waals surface area contributed by atoms with Gasteiger partial charge in [-0.05, 0) is 91.9 Å². The van der Waals surface area contributed by atoms with E-state index in [0.717, 1.165) is 23.8 Å². The van der Waals surface area contributed by atoms with Crippen LogP contribution in [0.1, 0.15) is 87.4 Å². The van der Waals surface area contributed by atoms with E-state index >= 15 is 4.39 Å². The fourth-order valence-electron chi connectivity index (χ4n) is 9.30. The van der Waals surface area contributed by atoms with Crippen LogP contribution >= 0.6 is 0 Å². The maximum absolute atomic E-state index is 17.0. The Labute approximate surface area is 342 Å². The lowest BCUT2D eigenvalue weighted by molar-refractivity contribution is -0.298. The molecule has 4 heterocycles. The number of nitrogens with two attached hydrogens (primary N) is 1. The summed E-state index contributed by atoms with van der Waals surface area (Å²) in [6.45, 7) is 15.6. The molecule has 1 amide bonds. The molecule has 3 aliphatic rings. The molecule has 3 aliphatic heterocycles. The van der Waals surface area contributed by atoms with Crippen molar-refractivity contribution in [3.63, 3.8) is 0 Å². The molecule has 2 unspecified atom stereocenters. The van der Waals surface area contributed by atoms with Crippen LogP contribution in [0.15, 0.2) is 24.3 Å². The van der Waals surface area contributed by atoms with Crippen molar-refractivity contribution in [2.75, 3.05) is 34.3 Å². The third-order valence-electron chi connectivity index (χ3n) is 13.1. The number of amides is 1. The Morgan fingerprint density at radius 1 is 1.09 bits per heavy atom. The Morgan fingerprint density at radius 2 is 1.76 bits per heavy atom. The summed E-state index contributed by atoms with van der Waals surface area (Å²) in [6.07, 6.45) is -4.00. The first-order valence-electron chi connectivity index (χ1n) is 20.7. The van der Waals surface area contributed by atoms with Crippen LogP contribution in [-0.2, 0) is 39.7 Å². The number of alkyl halides is 1. The first-order chi connectivity index (χ1) is 27.1. The first-order valence-corrected chi connectivity index (χ1v) is 20.7. The summed E-state index contributed by atoms with van der Waals surface area (Å²) >= 11 is 0. The number of halogens is 1. The van der Waals surface area contributed by atoms with Crippen molar-refractivity contribution >= 4 is 28.9 Å². The molecule has 3 fully saturated rings. The minimum Gasteiger partial charge on any atom is -0.456 e. The number of H-pyrrole nitrogens is 1. The molecule has 14 atom stereocenters. The minimum absolute atomic E-state index is 0.182. The fourth-order valence-corrected chi connectivity index (χ4v) is 9.30. The van der Waals surface area contributed by atoms with Gasteiger partial charge < -0.3 is 44.4 Å². The lowest BCUT2D eigenvalue weighted by Crippen LogP contribution is -2.63. The van der Waals surface area contributed by atoms with E-state index in [1.807, 2.05) is 71.0 Å². The molecule has 1 aromatic carbocycles. The van der Waals surface area contributed by atoms with E-state index in [0.29, 0.717) is 25.8 Å². The molecule has 5 rings (SSSR count). The molecular formula is C42H67FN6O9.